The van der Waals surface area contributed by atoms with Crippen LogP contribution >= 0.6 is 11.3 Å². The van der Waals surface area contributed by atoms with Gasteiger partial charge in [0.1, 0.15) is 15.6 Å². The summed E-state index contributed by atoms with van der Waals surface area (Å²) in [5.74, 6) is 1.45. The zero-order valence-corrected chi connectivity index (χ0v) is 15.6. The molecule has 3 aromatic rings. The van der Waals surface area contributed by atoms with Gasteiger partial charge in [0.05, 0.1) is 19.4 Å². The van der Waals surface area contributed by atoms with Gasteiger partial charge in [0.2, 0.25) is 0 Å². The first-order valence-corrected chi connectivity index (χ1v) is 8.95. The number of aryl methyl sites for hydroxylation is 1. The topological polar surface area (TPSA) is 73.3 Å². The number of amides is 1. The van der Waals surface area contributed by atoms with Gasteiger partial charge in [-0.05, 0) is 50.2 Å². The monoisotopic (exact) mass is 369 g/mol. The molecule has 1 aromatic carbocycles. The summed E-state index contributed by atoms with van der Waals surface area (Å²) in [6.45, 7) is 4.38. The number of hydrogen-bond acceptors (Lipinski definition) is 6. The fourth-order valence-electron chi connectivity index (χ4n) is 2.40. The van der Waals surface area contributed by atoms with Gasteiger partial charge in [0.25, 0.3) is 5.91 Å². The minimum atomic E-state index is -0.255. The van der Waals surface area contributed by atoms with E-state index in [4.69, 9.17) is 9.47 Å². The van der Waals surface area contributed by atoms with Gasteiger partial charge in [-0.1, -0.05) is 0 Å². The molecule has 0 saturated carbocycles. The van der Waals surface area contributed by atoms with E-state index >= 15 is 0 Å². The molecule has 0 aliphatic rings. The molecule has 2 aromatic heterocycles. The fourth-order valence-corrected chi connectivity index (χ4v) is 3.37. The summed E-state index contributed by atoms with van der Waals surface area (Å²) in [5.41, 5.74) is 1.61. The molecule has 0 atom stereocenters. The second-order valence-corrected chi connectivity index (χ2v) is 6.40. The summed E-state index contributed by atoms with van der Waals surface area (Å²) in [6.07, 6.45) is 1.60. The Labute approximate surface area is 155 Å². The highest BCUT2D eigenvalue weighted by atomic mass is 32.1. The zero-order valence-electron chi connectivity index (χ0n) is 14.8. The smallest absolute Gasteiger partial charge is 0.268 e. The molecular weight excluding hydrogens is 350 g/mol. The largest absolute Gasteiger partial charge is 0.494 e. The number of carbonyl (C=O) groups is 1. The first-order chi connectivity index (χ1) is 12.6. The van der Waals surface area contributed by atoms with E-state index in [0.29, 0.717) is 28.7 Å². The number of thiazole rings is 1. The maximum absolute atomic E-state index is 12.6. The number of nitrogens with one attached hydrogen (secondary N) is 1. The summed E-state index contributed by atoms with van der Waals surface area (Å²) >= 11 is 1.34. The molecule has 2 heterocycles. The second-order valence-electron chi connectivity index (χ2n) is 5.40. The SMILES string of the molecule is CCOc1ccc(-c2nc(C)c(C(=O)Nc3ncccc3OC)s2)cc1. The lowest BCUT2D eigenvalue weighted by Crippen LogP contribution is -2.13. The van der Waals surface area contributed by atoms with Crippen molar-refractivity contribution in [2.24, 2.45) is 0 Å². The lowest BCUT2D eigenvalue weighted by molar-refractivity contribution is 0.102. The Balaban J connectivity index is 1.82. The van der Waals surface area contributed by atoms with Crippen LogP contribution in [0.15, 0.2) is 42.6 Å². The third-order valence-electron chi connectivity index (χ3n) is 3.64. The van der Waals surface area contributed by atoms with Crippen LogP contribution in [-0.2, 0) is 0 Å². The van der Waals surface area contributed by atoms with Crippen molar-refractivity contribution >= 4 is 23.1 Å². The summed E-state index contributed by atoms with van der Waals surface area (Å²) in [4.78, 5) is 21.9. The molecule has 0 unspecified atom stereocenters. The van der Waals surface area contributed by atoms with Crippen LogP contribution in [0.3, 0.4) is 0 Å². The number of aromatic nitrogens is 2. The van der Waals surface area contributed by atoms with Crippen LogP contribution in [0.5, 0.6) is 11.5 Å². The van der Waals surface area contributed by atoms with Gasteiger partial charge in [-0.3, -0.25) is 4.79 Å². The number of nitrogens with zero attached hydrogens (tertiary/aromatic N) is 2. The summed E-state index contributed by atoms with van der Waals surface area (Å²) in [5, 5.41) is 3.57. The van der Waals surface area contributed by atoms with Crippen molar-refractivity contribution in [1.82, 2.24) is 9.97 Å². The first kappa shape index (κ1) is 17.9. The molecule has 0 radical (unpaired) electrons. The average Bonchev–Trinajstić information content (AvgIpc) is 3.05. The Bertz CT molecular complexity index is 907. The van der Waals surface area contributed by atoms with E-state index in [9.17, 15) is 4.79 Å². The first-order valence-electron chi connectivity index (χ1n) is 8.13. The minimum Gasteiger partial charge on any atom is -0.494 e. The maximum atomic E-state index is 12.6. The van der Waals surface area contributed by atoms with Gasteiger partial charge < -0.3 is 14.8 Å². The van der Waals surface area contributed by atoms with Gasteiger partial charge in [0.15, 0.2) is 11.6 Å². The molecule has 6 nitrogen and oxygen atoms in total. The van der Waals surface area contributed by atoms with Crippen LogP contribution in [0.4, 0.5) is 5.82 Å². The maximum Gasteiger partial charge on any atom is 0.268 e. The zero-order chi connectivity index (χ0) is 18.5. The van der Waals surface area contributed by atoms with Crippen LogP contribution in [0, 0.1) is 6.92 Å². The molecule has 0 aliphatic carbocycles. The predicted molar refractivity (Wildman–Crippen MR) is 102 cm³/mol. The number of pyridine rings is 1. The predicted octanol–water partition coefficient (Wildman–Crippen LogP) is 4.17. The lowest BCUT2D eigenvalue weighted by atomic mass is 10.2. The van der Waals surface area contributed by atoms with Crippen LogP contribution in [0.1, 0.15) is 22.3 Å². The fraction of sp³-hybridized carbons (Fsp3) is 0.211. The van der Waals surface area contributed by atoms with E-state index in [1.807, 2.05) is 38.1 Å². The number of benzene rings is 1. The van der Waals surface area contributed by atoms with Gasteiger partial charge in [-0.15, -0.1) is 11.3 Å². The Kier molecular flexibility index (Phi) is 5.48. The standard InChI is InChI=1S/C19H19N3O3S/c1-4-25-14-9-7-13(8-10-14)19-21-12(2)16(26-19)18(23)22-17-15(24-3)6-5-11-20-17/h5-11H,4H2,1-3H3,(H,20,22,23). The van der Waals surface area contributed by atoms with E-state index < -0.39 is 0 Å². The summed E-state index contributed by atoms with van der Waals surface area (Å²) in [7, 11) is 1.54. The number of ether oxygens (including phenoxy) is 2. The van der Waals surface area contributed by atoms with E-state index in [-0.39, 0.29) is 5.91 Å². The molecule has 0 spiro atoms. The third kappa shape index (κ3) is 3.83. The van der Waals surface area contributed by atoms with Gasteiger partial charge in [0, 0.05) is 11.8 Å². The Morgan fingerprint density at radius 1 is 1.23 bits per heavy atom. The molecule has 7 heteroatoms. The number of methoxy groups -OCH3 is 1. The van der Waals surface area contributed by atoms with Crippen molar-refractivity contribution in [3.8, 4) is 22.1 Å². The van der Waals surface area contributed by atoms with Crippen molar-refractivity contribution in [3.63, 3.8) is 0 Å². The van der Waals surface area contributed by atoms with Gasteiger partial charge in [-0.2, -0.15) is 0 Å². The highest BCUT2D eigenvalue weighted by molar-refractivity contribution is 7.17. The summed E-state index contributed by atoms with van der Waals surface area (Å²) in [6, 6.07) is 11.2. The number of carbonyl (C=O) groups excluding carboxylic acids is 1. The van der Waals surface area contributed by atoms with Crippen molar-refractivity contribution in [2.45, 2.75) is 13.8 Å². The van der Waals surface area contributed by atoms with E-state index in [1.54, 1.807) is 18.3 Å². The highest BCUT2D eigenvalue weighted by Gasteiger charge is 2.18. The highest BCUT2D eigenvalue weighted by Crippen LogP contribution is 2.30. The van der Waals surface area contributed by atoms with E-state index in [2.05, 4.69) is 15.3 Å². The van der Waals surface area contributed by atoms with Crippen LogP contribution in [0.2, 0.25) is 0 Å². The molecule has 3 rings (SSSR count). The van der Waals surface area contributed by atoms with Crippen LogP contribution in [-0.4, -0.2) is 29.6 Å². The Morgan fingerprint density at radius 3 is 2.69 bits per heavy atom. The molecular formula is C19H19N3O3S. The number of anilines is 1. The van der Waals surface area contributed by atoms with Crippen LogP contribution in [0.25, 0.3) is 10.6 Å². The molecule has 1 N–H and O–H groups in total. The molecule has 134 valence electrons. The van der Waals surface area contributed by atoms with E-state index in [1.165, 1.54) is 18.4 Å². The van der Waals surface area contributed by atoms with Crippen LogP contribution < -0.4 is 14.8 Å². The Morgan fingerprint density at radius 2 is 2.00 bits per heavy atom. The van der Waals surface area contributed by atoms with E-state index in [0.717, 1.165) is 16.3 Å². The molecule has 26 heavy (non-hydrogen) atoms. The van der Waals surface area contributed by atoms with Crippen molar-refractivity contribution < 1.29 is 14.3 Å². The lowest BCUT2D eigenvalue weighted by Gasteiger charge is -2.07. The van der Waals surface area contributed by atoms with Gasteiger partial charge >= 0.3 is 0 Å². The van der Waals surface area contributed by atoms with Gasteiger partial charge in [-0.25, -0.2) is 9.97 Å². The Hall–Kier alpha value is -2.93. The number of hydrogen-bond donors (Lipinski definition) is 1. The molecule has 1 amide bonds. The molecule has 0 bridgehead atoms. The average molecular weight is 369 g/mol. The normalized spacial score (nSPS) is 10.4. The van der Waals surface area contributed by atoms with Crippen molar-refractivity contribution in [3.05, 3.63) is 53.2 Å². The molecule has 0 saturated heterocycles. The quantitative estimate of drug-likeness (QED) is 0.706. The number of rotatable bonds is 6. The van der Waals surface area contributed by atoms with Crippen molar-refractivity contribution in [1.29, 1.82) is 0 Å². The molecule has 0 fully saturated rings. The van der Waals surface area contributed by atoms with Crippen molar-refractivity contribution in [2.75, 3.05) is 19.0 Å². The minimum absolute atomic E-state index is 0.255. The second kappa shape index (κ2) is 7.97. The summed E-state index contributed by atoms with van der Waals surface area (Å²) < 4.78 is 10.7. The third-order valence-corrected chi connectivity index (χ3v) is 4.84. The molecule has 0 aliphatic heterocycles.